The van der Waals surface area contributed by atoms with Crippen LogP contribution in [0.15, 0.2) is 188 Å². The molecule has 79 heavy (non-hydrogen) atoms. The lowest BCUT2D eigenvalue weighted by molar-refractivity contribution is 0.590. The standard InChI is InChI=1S/C73H76BN5/c1-69(2,3)49-21-30-54(31-22-49)76(55-32-23-50(24-33-55)70(4,5)6)59-39-41-63-62(45-59)75-68-74-61-40-38-60(77(56-34-25-51(26-35-56)71(7,8)9)57-36-27-52(28-37-57)72(10,11)12)46-64(61)78(58-29-20-47-18-16-17-19-48(47)42-58)65-43-53(73(13,14)15)44-66(67(65)74)79(63)68/h16-46H,1-15H3. The molecule has 3 heterocycles. The van der Waals surface area contributed by atoms with Gasteiger partial charge in [0.25, 0.3) is 6.71 Å². The van der Waals surface area contributed by atoms with E-state index in [0.29, 0.717) is 0 Å². The molecule has 0 atom stereocenters. The minimum absolute atomic E-state index is 0.0253. The number of benzene rings is 9. The first-order valence-corrected chi connectivity index (χ1v) is 28.5. The Morgan fingerprint density at radius 3 is 1.24 bits per heavy atom. The van der Waals surface area contributed by atoms with Crippen LogP contribution in [0.25, 0.3) is 27.5 Å². The topological polar surface area (TPSA) is 27.5 Å². The predicted octanol–water partition coefficient (Wildman–Crippen LogP) is 18.2. The Hall–Kier alpha value is -7.83. The maximum Gasteiger partial charge on any atom is 0.294 e. The van der Waals surface area contributed by atoms with E-state index < -0.39 is 0 Å². The van der Waals surface area contributed by atoms with E-state index >= 15 is 0 Å². The lowest BCUT2D eigenvalue weighted by atomic mass is 9.39. The molecular formula is C73H76BN5. The van der Waals surface area contributed by atoms with Crippen molar-refractivity contribution in [2.24, 2.45) is 0 Å². The predicted molar refractivity (Wildman–Crippen MR) is 341 cm³/mol. The van der Waals surface area contributed by atoms with Gasteiger partial charge in [-0.1, -0.05) is 189 Å². The number of rotatable bonds is 7. The quantitative estimate of drug-likeness (QED) is 0.149. The molecule has 6 heteroatoms. The Kier molecular flexibility index (Phi) is 12.1. The van der Waals surface area contributed by atoms with E-state index in [4.69, 9.17) is 4.98 Å². The summed E-state index contributed by atoms with van der Waals surface area (Å²) < 4.78 is 2.49. The summed E-state index contributed by atoms with van der Waals surface area (Å²) in [6.45, 7) is 34.3. The maximum absolute atomic E-state index is 5.80. The van der Waals surface area contributed by atoms with Crippen molar-refractivity contribution >= 4 is 96.4 Å². The molecule has 396 valence electrons. The van der Waals surface area contributed by atoms with Crippen LogP contribution in [0.5, 0.6) is 0 Å². The number of anilines is 9. The van der Waals surface area contributed by atoms with Crippen molar-refractivity contribution in [3.8, 4) is 5.69 Å². The molecule has 1 aromatic heterocycles. The van der Waals surface area contributed by atoms with Crippen LogP contribution < -0.4 is 31.3 Å². The molecule has 0 saturated carbocycles. The molecule has 5 nitrogen and oxygen atoms in total. The smallest absolute Gasteiger partial charge is 0.294 e. The monoisotopic (exact) mass is 1030 g/mol. The summed E-state index contributed by atoms with van der Waals surface area (Å²) in [5.41, 5.74) is 23.4. The molecule has 0 unspecified atom stereocenters. The van der Waals surface area contributed by atoms with Crippen LogP contribution in [-0.2, 0) is 27.1 Å². The second-order valence-electron chi connectivity index (χ2n) is 27.6. The fourth-order valence-corrected chi connectivity index (χ4v) is 12.0. The first-order valence-electron chi connectivity index (χ1n) is 28.5. The largest absolute Gasteiger partial charge is 0.311 e. The van der Waals surface area contributed by atoms with Gasteiger partial charge in [-0.15, -0.1) is 0 Å². The third-order valence-corrected chi connectivity index (χ3v) is 16.7. The van der Waals surface area contributed by atoms with Crippen molar-refractivity contribution in [1.82, 2.24) is 9.55 Å². The van der Waals surface area contributed by atoms with Crippen molar-refractivity contribution in [3.63, 3.8) is 0 Å². The van der Waals surface area contributed by atoms with Crippen LogP contribution in [0, 0.1) is 0 Å². The Morgan fingerprint density at radius 1 is 0.354 bits per heavy atom. The van der Waals surface area contributed by atoms with Gasteiger partial charge in [0.05, 0.1) is 16.8 Å². The molecule has 0 radical (unpaired) electrons. The molecule has 0 bridgehead atoms. The first kappa shape index (κ1) is 51.9. The number of nitrogens with zero attached hydrogens (tertiary/aromatic N) is 5. The van der Waals surface area contributed by atoms with Gasteiger partial charge in [0, 0.05) is 56.9 Å². The van der Waals surface area contributed by atoms with Crippen LogP contribution in [0.3, 0.4) is 0 Å². The van der Waals surface area contributed by atoms with E-state index in [1.165, 1.54) is 60.9 Å². The van der Waals surface area contributed by atoms with E-state index in [2.05, 4.69) is 311 Å². The molecule has 0 spiro atoms. The Balaban J connectivity index is 1.08. The summed E-state index contributed by atoms with van der Waals surface area (Å²) in [5.74, 6) is 0. The summed E-state index contributed by atoms with van der Waals surface area (Å²) in [6, 6.07) is 71.4. The number of aromatic nitrogens is 2. The van der Waals surface area contributed by atoms with Gasteiger partial charge in [-0.25, -0.2) is 4.98 Å². The van der Waals surface area contributed by atoms with Crippen LogP contribution in [0.2, 0.25) is 0 Å². The van der Waals surface area contributed by atoms with E-state index in [1.807, 2.05) is 0 Å². The van der Waals surface area contributed by atoms with Crippen molar-refractivity contribution in [2.75, 3.05) is 14.7 Å². The molecule has 0 saturated heterocycles. The van der Waals surface area contributed by atoms with Gasteiger partial charge in [0.1, 0.15) is 0 Å². The van der Waals surface area contributed by atoms with Gasteiger partial charge in [-0.2, -0.15) is 0 Å². The van der Waals surface area contributed by atoms with Gasteiger partial charge < -0.3 is 19.3 Å². The maximum atomic E-state index is 5.80. The van der Waals surface area contributed by atoms with Crippen molar-refractivity contribution < 1.29 is 0 Å². The molecule has 0 aliphatic carbocycles. The van der Waals surface area contributed by atoms with Gasteiger partial charge in [0.2, 0.25) is 0 Å². The van der Waals surface area contributed by atoms with Crippen LogP contribution in [0.1, 0.15) is 132 Å². The SMILES string of the molecule is CC(C)(C)c1ccc(N(c2ccc(C(C)(C)C)cc2)c2ccc3c(c2)N(c2ccc4ccccc4c2)c2cc(C(C)(C)C)cc4c2B3c2nc3cc(N(c5ccc(C(C)(C)C)cc5)c5ccc(C(C)(C)C)cc5)ccc3n2-4)cc1. The third kappa shape index (κ3) is 9.21. The molecule has 2 aliphatic rings. The number of hydrogen-bond acceptors (Lipinski definition) is 4. The van der Waals surface area contributed by atoms with E-state index in [1.54, 1.807) is 0 Å². The van der Waals surface area contributed by atoms with Gasteiger partial charge >= 0.3 is 0 Å². The van der Waals surface area contributed by atoms with Crippen molar-refractivity contribution in [2.45, 2.75) is 131 Å². The highest BCUT2D eigenvalue weighted by molar-refractivity contribution is 6.99. The fourth-order valence-electron chi connectivity index (χ4n) is 12.0. The van der Waals surface area contributed by atoms with Crippen LogP contribution in [0.4, 0.5) is 51.2 Å². The summed E-state index contributed by atoms with van der Waals surface area (Å²) in [7, 11) is 0. The summed E-state index contributed by atoms with van der Waals surface area (Å²) in [4.78, 5) is 13.2. The average Bonchev–Trinajstić information content (AvgIpc) is 3.96. The van der Waals surface area contributed by atoms with Gasteiger partial charge in [-0.05, 0) is 180 Å². The molecule has 9 aromatic carbocycles. The number of hydrogen-bond donors (Lipinski definition) is 0. The Morgan fingerprint density at radius 2 is 0.772 bits per heavy atom. The Bertz CT molecular complexity index is 3850. The second-order valence-corrected chi connectivity index (χ2v) is 27.6. The van der Waals surface area contributed by atoms with Crippen molar-refractivity contribution in [1.29, 1.82) is 0 Å². The normalized spacial score (nSPS) is 13.5. The summed E-state index contributed by atoms with van der Waals surface area (Å²) in [6.07, 6.45) is 0. The molecule has 12 rings (SSSR count). The van der Waals surface area contributed by atoms with E-state index in [0.717, 1.165) is 62.3 Å². The number of imidazole rings is 1. The Labute approximate surface area is 470 Å². The van der Waals surface area contributed by atoms with Crippen LogP contribution >= 0.6 is 0 Å². The highest BCUT2D eigenvalue weighted by atomic mass is 15.2. The van der Waals surface area contributed by atoms with Gasteiger partial charge in [0.15, 0.2) is 0 Å². The van der Waals surface area contributed by atoms with E-state index in [9.17, 15) is 0 Å². The zero-order chi connectivity index (χ0) is 55.7. The lowest BCUT2D eigenvalue weighted by Crippen LogP contribution is -2.55. The second kappa shape index (κ2) is 18.4. The average molecular weight is 1030 g/mol. The summed E-state index contributed by atoms with van der Waals surface area (Å²) >= 11 is 0. The molecule has 2 aliphatic heterocycles. The molecule has 10 aromatic rings. The minimum Gasteiger partial charge on any atom is -0.311 e. The lowest BCUT2D eigenvalue weighted by Gasteiger charge is -2.37. The molecular weight excluding hydrogens is 958 g/mol. The summed E-state index contributed by atoms with van der Waals surface area (Å²) in [5, 5.41) is 2.43. The van der Waals surface area contributed by atoms with Gasteiger partial charge in [-0.3, -0.25) is 0 Å². The van der Waals surface area contributed by atoms with E-state index in [-0.39, 0.29) is 33.8 Å². The fraction of sp³-hybridized carbons (Fsp3) is 0.274. The first-order chi connectivity index (χ1) is 37.3. The van der Waals surface area contributed by atoms with Crippen molar-refractivity contribution in [3.05, 3.63) is 216 Å². The van der Waals surface area contributed by atoms with Crippen LogP contribution in [-0.4, -0.2) is 16.3 Å². The molecule has 0 fully saturated rings. The minimum atomic E-state index is -0.147. The third-order valence-electron chi connectivity index (χ3n) is 16.7. The highest BCUT2D eigenvalue weighted by Gasteiger charge is 2.46. The zero-order valence-electron chi connectivity index (χ0n) is 49.2. The zero-order valence-corrected chi connectivity index (χ0v) is 49.2. The number of fused-ring (bicyclic) bond motifs is 8. The molecule has 0 amide bonds. The highest BCUT2D eigenvalue weighted by Crippen LogP contribution is 2.47. The molecule has 0 N–H and O–H groups in total.